The third kappa shape index (κ3) is 7.21. The van der Waals surface area contributed by atoms with Crippen LogP contribution in [0.5, 0.6) is 0 Å². The smallest absolute Gasteiger partial charge is 0.279 e. The molecule has 2 N–H and O–H groups in total. The van der Waals surface area contributed by atoms with Crippen LogP contribution in [0.4, 0.5) is 5.69 Å². The molecular weight excluding hydrogens is 446 g/mol. The molecule has 0 atom stereocenters. The summed E-state index contributed by atoms with van der Waals surface area (Å²) in [7, 11) is -3.48. The van der Waals surface area contributed by atoms with E-state index < -0.39 is 15.6 Å². The third-order valence-electron chi connectivity index (χ3n) is 5.73. The monoisotopic (exact) mass is 481 g/mol. The number of hydrogen-bond donors (Lipinski definition) is 2. The zero-order valence-corrected chi connectivity index (χ0v) is 20.5. The van der Waals surface area contributed by atoms with E-state index in [4.69, 9.17) is 4.74 Å². The maximum Gasteiger partial charge on any atom is 0.279 e. The van der Waals surface area contributed by atoms with Crippen LogP contribution in [0.25, 0.3) is 0 Å². The lowest BCUT2D eigenvalue weighted by molar-refractivity contribution is -0.123. The van der Waals surface area contributed by atoms with Gasteiger partial charge in [0.05, 0.1) is 13.2 Å². The molecule has 11 heteroatoms. The first-order valence-corrected chi connectivity index (χ1v) is 12.8. The van der Waals surface area contributed by atoms with E-state index in [1.807, 2.05) is 20.8 Å². The van der Waals surface area contributed by atoms with Gasteiger partial charge in [-0.1, -0.05) is 26.8 Å². The fourth-order valence-electron chi connectivity index (χ4n) is 3.62. The predicted molar refractivity (Wildman–Crippen MR) is 126 cm³/mol. The molecule has 184 valence electrons. The van der Waals surface area contributed by atoms with Gasteiger partial charge in [0.2, 0.25) is 5.91 Å². The Balaban J connectivity index is 1.45. The molecule has 2 fully saturated rings. The van der Waals surface area contributed by atoms with Crippen LogP contribution in [0.15, 0.2) is 24.3 Å². The molecule has 0 spiro atoms. The van der Waals surface area contributed by atoms with Crippen molar-refractivity contribution < 1.29 is 22.7 Å². The Morgan fingerprint density at radius 2 is 1.70 bits per heavy atom. The zero-order chi connectivity index (χ0) is 24.1. The molecule has 2 aliphatic heterocycles. The van der Waals surface area contributed by atoms with Crippen LogP contribution in [-0.2, 0) is 19.7 Å². The van der Waals surface area contributed by atoms with E-state index in [1.165, 1.54) is 4.31 Å². The van der Waals surface area contributed by atoms with Crippen LogP contribution < -0.4 is 10.0 Å². The number of anilines is 1. The Labute approximate surface area is 196 Å². The average Bonchev–Trinajstić information content (AvgIpc) is 2.79. The van der Waals surface area contributed by atoms with Crippen molar-refractivity contribution >= 4 is 27.7 Å². The average molecular weight is 482 g/mol. The lowest BCUT2D eigenvalue weighted by Crippen LogP contribution is -2.51. The number of nitrogens with zero attached hydrogens (tertiary/aromatic N) is 3. The molecule has 3 rings (SSSR count). The SMILES string of the molecule is CC(C)(C)C(=O)Nc1cccc(C(=O)N2CCN(CCNS(=O)(=O)N3CCOCC3)CC2)c1. The minimum absolute atomic E-state index is 0.0745. The van der Waals surface area contributed by atoms with Gasteiger partial charge in [-0.05, 0) is 18.2 Å². The highest BCUT2D eigenvalue weighted by atomic mass is 32.2. The first kappa shape index (κ1) is 25.6. The third-order valence-corrected chi connectivity index (χ3v) is 7.34. The number of carbonyl (C=O) groups is 2. The number of morpholine rings is 1. The molecule has 0 unspecified atom stereocenters. The second kappa shape index (κ2) is 10.9. The van der Waals surface area contributed by atoms with Crippen molar-refractivity contribution in [2.75, 3.05) is 70.9 Å². The van der Waals surface area contributed by atoms with E-state index in [0.29, 0.717) is 76.8 Å². The van der Waals surface area contributed by atoms with Crippen LogP contribution in [0.2, 0.25) is 0 Å². The van der Waals surface area contributed by atoms with Crippen molar-refractivity contribution in [2.45, 2.75) is 20.8 Å². The fraction of sp³-hybridized carbons (Fsp3) is 0.636. The molecule has 0 saturated carbocycles. The van der Waals surface area contributed by atoms with Gasteiger partial charge in [-0.2, -0.15) is 12.7 Å². The summed E-state index contributed by atoms with van der Waals surface area (Å²) in [4.78, 5) is 29.1. The topological polar surface area (TPSA) is 111 Å². The van der Waals surface area contributed by atoms with Gasteiger partial charge < -0.3 is 15.0 Å². The van der Waals surface area contributed by atoms with Crippen LogP contribution in [0, 0.1) is 5.41 Å². The Morgan fingerprint density at radius 1 is 1.03 bits per heavy atom. The standard InChI is InChI=1S/C22H35N5O5S/c1-22(2,3)21(29)24-19-6-4-5-18(17-19)20(28)26-11-9-25(10-12-26)8-7-23-33(30,31)27-13-15-32-16-14-27/h4-6,17,23H,7-16H2,1-3H3,(H,24,29). The second-order valence-corrected chi connectivity index (χ2v) is 11.1. The molecule has 1 aromatic carbocycles. The Kier molecular flexibility index (Phi) is 8.46. The van der Waals surface area contributed by atoms with E-state index in [-0.39, 0.29) is 11.8 Å². The highest BCUT2D eigenvalue weighted by Crippen LogP contribution is 2.19. The second-order valence-electron chi connectivity index (χ2n) is 9.33. The van der Waals surface area contributed by atoms with Gasteiger partial charge in [0.25, 0.3) is 16.1 Å². The molecule has 2 aliphatic rings. The molecule has 33 heavy (non-hydrogen) atoms. The van der Waals surface area contributed by atoms with Crippen molar-refractivity contribution in [2.24, 2.45) is 5.41 Å². The summed E-state index contributed by atoms with van der Waals surface area (Å²) in [5, 5.41) is 2.86. The Hall–Kier alpha value is -2.05. The number of rotatable bonds is 7. The van der Waals surface area contributed by atoms with Crippen molar-refractivity contribution in [1.82, 2.24) is 18.8 Å². The minimum atomic E-state index is -3.48. The maximum atomic E-state index is 12.9. The molecule has 1 aromatic rings. The summed E-state index contributed by atoms with van der Waals surface area (Å²) in [6, 6.07) is 7.00. The van der Waals surface area contributed by atoms with Crippen molar-refractivity contribution in [3.8, 4) is 0 Å². The molecule has 0 aromatic heterocycles. The van der Waals surface area contributed by atoms with E-state index in [0.717, 1.165) is 0 Å². The Bertz CT molecular complexity index is 933. The van der Waals surface area contributed by atoms with E-state index in [2.05, 4.69) is 14.9 Å². The highest BCUT2D eigenvalue weighted by Gasteiger charge is 2.26. The number of nitrogens with one attached hydrogen (secondary N) is 2. The van der Waals surface area contributed by atoms with Gasteiger partial charge in [-0.15, -0.1) is 0 Å². The van der Waals surface area contributed by atoms with Gasteiger partial charge in [-0.3, -0.25) is 14.5 Å². The molecule has 0 radical (unpaired) electrons. The van der Waals surface area contributed by atoms with Gasteiger partial charge in [-0.25, -0.2) is 4.72 Å². The first-order valence-electron chi connectivity index (χ1n) is 11.3. The molecule has 2 heterocycles. The number of carbonyl (C=O) groups excluding carboxylic acids is 2. The summed E-state index contributed by atoms with van der Waals surface area (Å²) in [6.07, 6.45) is 0. The van der Waals surface area contributed by atoms with E-state index >= 15 is 0 Å². The summed E-state index contributed by atoms with van der Waals surface area (Å²) < 4.78 is 33.9. The van der Waals surface area contributed by atoms with Crippen molar-refractivity contribution in [3.63, 3.8) is 0 Å². The highest BCUT2D eigenvalue weighted by molar-refractivity contribution is 7.87. The molecule has 0 bridgehead atoms. The van der Waals surface area contributed by atoms with Crippen molar-refractivity contribution in [3.05, 3.63) is 29.8 Å². The van der Waals surface area contributed by atoms with Gasteiger partial charge in [0.1, 0.15) is 0 Å². The van der Waals surface area contributed by atoms with E-state index in [1.54, 1.807) is 29.2 Å². The minimum Gasteiger partial charge on any atom is -0.379 e. The van der Waals surface area contributed by atoms with Crippen LogP contribution >= 0.6 is 0 Å². The molecule has 2 saturated heterocycles. The lowest BCUT2D eigenvalue weighted by atomic mass is 9.95. The summed E-state index contributed by atoms with van der Waals surface area (Å²) in [5.74, 6) is -0.181. The Morgan fingerprint density at radius 3 is 2.33 bits per heavy atom. The number of ether oxygens (including phenoxy) is 1. The van der Waals surface area contributed by atoms with Gasteiger partial charge in [0.15, 0.2) is 0 Å². The number of hydrogen-bond acceptors (Lipinski definition) is 6. The number of piperazine rings is 1. The normalized spacial score (nSPS) is 18.8. The van der Waals surface area contributed by atoms with Crippen molar-refractivity contribution in [1.29, 1.82) is 0 Å². The summed E-state index contributed by atoms with van der Waals surface area (Å²) >= 11 is 0. The molecular formula is C22H35N5O5S. The molecule has 10 nitrogen and oxygen atoms in total. The summed E-state index contributed by atoms with van der Waals surface area (Å²) in [5.41, 5.74) is 0.618. The van der Waals surface area contributed by atoms with Crippen LogP contribution in [-0.4, -0.2) is 99.9 Å². The van der Waals surface area contributed by atoms with Crippen LogP contribution in [0.1, 0.15) is 31.1 Å². The van der Waals surface area contributed by atoms with E-state index in [9.17, 15) is 18.0 Å². The summed E-state index contributed by atoms with van der Waals surface area (Å²) in [6.45, 7) is 10.5. The zero-order valence-electron chi connectivity index (χ0n) is 19.7. The van der Waals surface area contributed by atoms with Gasteiger partial charge >= 0.3 is 0 Å². The molecule has 0 aliphatic carbocycles. The maximum absolute atomic E-state index is 12.9. The molecule has 2 amide bonds. The van der Waals surface area contributed by atoms with Gasteiger partial charge in [0, 0.05) is 69.0 Å². The van der Waals surface area contributed by atoms with Crippen LogP contribution in [0.3, 0.4) is 0 Å². The largest absolute Gasteiger partial charge is 0.379 e. The number of benzene rings is 1. The lowest BCUT2D eigenvalue weighted by Gasteiger charge is -2.35. The quantitative estimate of drug-likeness (QED) is 0.590. The predicted octanol–water partition coefficient (Wildman–Crippen LogP) is 0.596. The number of amides is 2. The first-order chi connectivity index (χ1) is 15.6. The fourth-order valence-corrected chi connectivity index (χ4v) is 4.78.